The molecular weight excluding hydrogens is 422 g/mol. The highest BCUT2D eigenvalue weighted by Gasteiger charge is 2.29. The minimum atomic E-state index is -1.02. The summed E-state index contributed by atoms with van der Waals surface area (Å²) in [4.78, 5) is 40.0. The Morgan fingerprint density at radius 3 is 2.27 bits per heavy atom. The van der Waals surface area contributed by atoms with E-state index in [4.69, 9.17) is 9.84 Å². The minimum Gasteiger partial charge on any atom is -0.481 e. The molecule has 4 rings (SSSR count). The first kappa shape index (κ1) is 22.0. The Bertz CT molecular complexity index is 1160. The number of rotatable bonds is 7. The summed E-state index contributed by atoms with van der Waals surface area (Å²) in [6.45, 7) is 1.56. The molecule has 0 bridgehead atoms. The summed E-state index contributed by atoms with van der Waals surface area (Å²) in [5, 5.41) is 14.1. The van der Waals surface area contributed by atoms with E-state index in [1.807, 2.05) is 36.4 Å². The van der Waals surface area contributed by atoms with Gasteiger partial charge in [-0.1, -0.05) is 55.5 Å². The molecule has 3 N–H and O–H groups in total. The van der Waals surface area contributed by atoms with E-state index in [-0.39, 0.29) is 30.5 Å². The van der Waals surface area contributed by atoms with Crippen molar-refractivity contribution in [3.63, 3.8) is 0 Å². The molecule has 1 heterocycles. The summed E-state index contributed by atoms with van der Waals surface area (Å²) < 4.78 is 5.52. The maximum atomic E-state index is 12.6. The average Bonchev–Trinajstić information content (AvgIpc) is 3.15. The van der Waals surface area contributed by atoms with Crippen LogP contribution in [0.25, 0.3) is 11.1 Å². The number of benzene rings is 2. The summed E-state index contributed by atoms with van der Waals surface area (Å²) in [6.07, 6.45) is 0.705. The van der Waals surface area contributed by atoms with E-state index >= 15 is 0 Å². The predicted molar refractivity (Wildman–Crippen MR) is 122 cm³/mol. The molecule has 0 spiro atoms. The molecule has 0 saturated carbocycles. The number of carbonyl (C=O) groups excluding carboxylic acids is 2. The number of nitrogens with one attached hydrogen (secondary N) is 2. The Labute approximate surface area is 190 Å². The second kappa shape index (κ2) is 9.52. The number of aromatic nitrogens is 1. The standard InChI is InChI=1S/C25H23N3O5/c1-15(24(30)31)13-27-23(29)22-21(11-6-12-26-22)28-25(32)33-14-20-18-9-4-2-7-16(18)17-8-3-5-10-19(17)20/h2-12,15,20H,13-14H2,1H3,(H,27,29)(H,28,32)(H,30,31). The number of anilines is 1. The van der Waals surface area contributed by atoms with Gasteiger partial charge in [0.15, 0.2) is 5.69 Å². The molecule has 1 atom stereocenters. The molecule has 0 aliphatic heterocycles. The Hall–Kier alpha value is -4.20. The van der Waals surface area contributed by atoms with Gasteiger partial charge in [0.2, 0.25) is 0 Å². The number of carboxylic acid groups (broad SMARTS) is 1. The van der Waals surface area contributed by atoms with Crippen LogP contribution in [0.1, 0.15) is 34.5 Å². The van der Waals surface area contributed by atoms with Crippen LogP contribution >= 0.6 is 0 Å². The van der Waals surface area contributed by atoms with Crippen molar-refractivity contribution < 1.29 is 24.2 Å². The van der Waals surface area contributed by atoms with E-state index in [1.54, 1.807) is 6.07 Å². The van der Waals surface area contributed by atoms with Gasteiger partial charge in [-0.2, -0.15) is 0 Å². The molecule has 0 fully saturated rings. The third-order valence-corrected chi connectivity index (χ3v) is 5.59. The van der Waals surface area contributed by atoms with Gasteiger partial charge >= 0.3 is 12.1 Å². The number of amides is 2. The van der Waals surface area contributed by atoms with Gasteiger partial charge in [0, 0.05) is 18.7 Å². The minimum absolute atomic E-state index is 0.0244. The third-order valence-electron chi connectivity index (χ3n) is 5.59. The van der Waals surface area contributed by atoms with Crippen LogP contribution in [-0.2, 0) is 9.53 Å². The first-order valence-corrected chi connectivity index (χ1v) is 10.5. The molecule has 1 aliphatic carbocycles. The van der Waals surface area contributed by atoms with E-state index in [2.05, 4.69) is 27.8 Å². The molecule has 3 aromatic rings. The fraction of sp³-hybridized carbons (Fsp3) is 0.200. The molecule has 2 aromatic carbocycles. The normalized spacial score (nSPS) is 12.9. The predicted octanol–water partition coefficient (Wildman–Crippen LogP) is 3.89. The van der Waals surface area contributed by atoms with Crippen molar-refractivity contribution in [3.8, 4) is 11.1 Å². The lowest BCUT2D eigenvalue weighted by molar-refractivity contribution is -0.140. The van der Waals surface area contributed by atoms with Crippen LogP contribution in [0.15, 0.2) is 66.9 Å². The van der Waals surface area contributed by atoms with E-state index in [9.17, 15) is 14.4 Å². The summed E-state index contributed by atoms with van der Waals surface area (Å²) in [6, 6.07) is 19.2. The highest BCUT2D eigenvalue weighted by Crippen LogP contribution is 2.44. The van der Waals surface area contributed by atoms with E-state index in [0.29, 0.717) is 0 Å². The number of aliphatic carboxylic acids is 1. The maximum absolute atomic E-state index is 12.6. The molecule has 8 heteroatoms. The molecule has 0 saturated heterocycles. The SMILES string of the molecule is CC(CNC(=O)c1ncccc1NC(=O)OCC1c2ccccc2-c2ccccc21)C(=O)O. The second-order valence-corrected chi connectivity index (χ2v) is 7.80. The zero-order valence-corrected chi connectivity index (χ0v) is 17.9. The number of ether oxygens (including phenoxy) is 1. The van der Waals surface area contributed by atoms with Gasteiger partial charge in [0.05, 0.1) is 11.6 Å². The second-order valence-electron chi connectivity index (χ2n) is 7.80. The largest absolute Gasteiger partial charge is 0.481 e. The zero-order valence-electron chi connectivity index (χ0n) is 17.9. The van der Waals surface area contributed by atoms with Crippen LogP contribution in [0.5, 0.6) is 0 Å². The van der Waals surface area contributed by atoms with Crippen molar-refractivity contribution in [1.82, 2.24) is 10.3 Å². The van der Waals surface area contributed by atoms with Crippen LogP contribution < -0.4 is 10.6 Å². The van der Waals surface area contributed by atoms with Gasteiger partial charge in [0.25, 0.3) is 5.91 Å². The lowest BCUT2D eigenvalue weighted by Gasteiger charge is -2.15. The highest BCUT2D eigenvalue weighted by atomic mass is 16.5. The lowest BCUT2D eigenvalue weighted by atomic mass is 9.98. The molecule has 1 aromatic heterocycles. The Balaban J connectivity index is 1.42. The monoisotopic (exact) mass is 445 g/mol. The fourth-order valence-corrected chi connectivity index (χ4v) is 3.85. The van der Waals surface area contributed by atoms with Crippen molar-refractivity contribution >= 4 is 23.7 Å². The molecule has 168 valence electrons. The van der Waals surface area contributed by atoms with E-state index in [0.717, 1.165) is 22.3 Å². The van der Waals surface area contributed by atoms with Crippen molar-refractivity contribution in [2.45, 2.75) is 12.8 Å². The lowest BCUT2D eigenvalue weighted by Crippen LogP contribution is -2.32. The number of hydrogen-bond acceptors (Lipinski definition) is 5. The van der Waals surface area contributed by atoms with Crippen LogP contribution in [-0.4, -0.2) is 41.2 Å². The Morgan fingerprint density at radius 2 is 1.64 bits per heavy atom. The van der Waals surface area contributed by atoms with Crippen LogP contribution in [0, 0.1) is 5.92 Å². The maximum Gasteiger partial charge on any atom is 0.411 e. The first-order valence-electron chi connectivity index (χ1n) is 10.5. The quantitative estimate of drug-likeness (QED) is 0.508. The number of fused-ring (bicyclic) bond motifs is 3. The Kier molecular flexibility index (Phi) is 6.35. The zero-order chi connectivity index (χ0) is 23.4. The third kappa shape index (κ3) is 4.69. The van der Waals surface area contributed by atoms with Crippen LogP contribution in [0.2, 0.25) is 0 Å². The van der Waals surface area contributed by atoms with Gasteiger partial charge in [-0.25, -0.2) is 9.78 Å². The highest BCUT2D eigenvalue weighted by molar-refractivity contribution is 6.01. The van der Waals surface area contributed by atoms with Gasteiger partial charge in [-0.15, -0.1) is 0 Å². The molecule has 1 unspecified atom stereocenters. The summed E-state index contributed by atoms with van der Waals surface area (Å²) in [5.41, 5.74) is 4.60. The molecule has 0 radical (unpaired) electrons. The number of pyridine rings is 1. The van der Waals surface area contributed by atoms with Gasteiger partial charge in [-0.3, -0.25) is 14.9 Å². The first-order chi connectivity index (χ1) is 16.0. The van der Waals surface area contributed by atoms with Crippen molar-refractivity contribution in [2.75, 3.05) is 18.5 Å². The molecular formula is C25H23N3O5. The molecule has 33 heavy (non-hydrogen) atoms. The number of carbonyl (C=O) groups is 3. The van der Waals surface area contributed by atoms with E-state index < -0.39 is 23.9 Å². The van der Waals surface area contributed by atoms with Crippen molar-refractivity contribution in [1.29, 1.82) is 0 Å². The Morgan fingerprint density at radius 1 is 1.00 bits per heavy atom. The summed E-state index contributed by atoms with van der Waals surface area (Å²) in [5.74, 6) is -2.44. The molecule has 2 amide bonds. The topological polar surface area (TPSA) is 118 Å². The smallest absolute Gasteiger partial charge is 0.411 e. The average molecular weight is 445 g/mol. The van der Waals surface area contributed by atoms with Crippen molar-refractivity contribution in [3.05, 3.63) is 83.7 Å². The van der Waals surface area contributed by atoms with Gasteiger partial charge in [0.1, 0.15) is 6.61 Å². The van der Waals surface area contributed by atoms with Crippen molar-refractivity contribution in [2.24, 2.45) is 5.92 Å². The fourth-order valence-electron chi connectivity index (χ4n) is 3.85. The van der Waals surface area contributed by atoms with Gasteiger partial charge < -0.3 is 15.2 Å². The van der Waals surface area contributed by atoms with Gasteiger partial charge in [-0.05, 0) is 34.4 Å². The molecule has 1 aliphatic rings. The summed E-state index contributed by atoms with van der Waals surface area (Å²) in [7, 11) is 0. The molecule has 8 nitrogen and oxygen atoms in total. The van der Waals surface area contributed by atoms with Crippen LogP contribution in [0.4, 0.5) is 10.5 Å². The number of nitrogens with zero attached hydrogens (tertiary/aromatic N) is 1. The van der Waals surface area contributed by atoms with E-state index in [1.165, 1.54) is 19.2 Å². The number of carboxylic acids is 1. The van der Waals surface area contributed by atoms with Crippen LogP contribution in [0.3, 0.4) is 0 Å². The number of hydrogen-bond donors (Lipinski definition) is 3. The summed E-state index contributed by atoms with van der Waals surface area (Å²) >= 11 is 0.